The lowest BCUT2D eigenvalue weighted by Gasteiger charge is -2.13. The second kappa shape index (κ2) is 6.19. The fraction of sp³-hybridized carbons (Fsp3) is 0.188. The van der Waals surface area contributed by atoms with Gasteiger partial charge in [0, 0.05) is 0 Å². The zero-order valence-electron chi connectivity index (χ0n) is 11.4. The van der Waals surface area contributed by atoms with Gasteiger partial charge in [-0.1, -0.05) is 12.1 Å². The molecule has 0 saturated heterocycles. The third-order valence-corrected chi connectivity index (χ3v) is 3.04. The van der Waals surface area contributed by atoms with E-state index in [1.54, 1.807) is 24.3 Å². The summed E-state index contributed by atoms with van der Waals surface area (Å²) in [7, 11) is 1.50. The average molecular weight is 274 g/mol. The molecule has 2 aromatic rings. The van der Waals surface area contributed by atoms with E-state index in [2.05, 4.69) is 0 Å². The summed E-state index contributed by atoms with van der Waals surface area (Å²) in [6.45, 7) is 2.05. The molecule has 0 aliphatic heterocycles. The second-order valence-corrected chi connectivity index (χ2v) is 4.36. The first-order chi connectivity index (χ1) is 9.65. The van der Waals surface area contributed by atoms with Crippen molar-refractivity contribution in [2.24, 2.45) is 0 Å². The van der Waals surface area contributed by atoms with Crippen molar-refractivity contribution in [3.8, 4) is 11.5 Å². The number of methoxy groups -OCH3 is 1. The van der Waals surface area contributed by atoms with Gasteiger partial charge in [-0.15, -0.1) is 0 Å². The Labute approximate surface area is 117 Å². The minimum absolute atomic E-state index is 0.171. The molecule has 0 unspecified atom stereocenters. The van der Waals surface area contributed by atoms with Gasteiger partial charge in [0.15, 0.2) is 17.8 Å². The molecule has 4 heteroatoms. The predicted octanol–water partition coefficient (Wildman–Crippen LogP) is 3.53. The average Bonchev–Trinajstić information content (AvgIpc) is 2.47. The van der Waals surface area contributed by atoms with Crippen molar-refractivity contribution in [2.75, 3.05) is 7.11 Å². The number of hydrogen-bond acceptors (Lipinski definition) is 3. The summed E-state index contributed by atoms with van der Waals surface area (Å²) in [4.78, 5) is 11.0. The smallest absolute Gasteiger partial charge is 0.172 e. The Kier molecular flexibility index (Phi) is 4.35. The van der Waals surface area contributed by atoms with Gasteiger partial charge in [0.2, 0.25) is 0 Å². The molecule has 0 atom stereocenters. The zero-order chi connectivity index (χ0) is 14.5. The molecule has 20 heavy (non-hydrogen) atoms. The third-order valence-electron chi connectivity index (χ3n) is 3.04. The SMILES string of the molecule is COc1cccc(C=O)c1OCc1cc(F)ccc1C. The molecule has 0 aliphatic carbocycles. The van der Waals surface area contributed by atoms with E-state index in [-0.39, 0.29) is 12.4 Å². The molecule has 0 spiro atoms. The molecular weight excluding hydrogens is 259 g/mol. The Balaban J connectivity index is 2.26. The number of aryl methyl sites for hydroxylation is 1. The highest BCUT2D eigenvalue weighted by Gasteiger charge is 2.11. The van der Waals surface area contributed by atoms with Gasteiger partial charge in [0.1, 0.15) is 12.4 Å². The largest absolute Gasteiger partial charge is 0.493 e. The van der Waals surface area contributed by atoms with E-state index in [1.165, 1.54) is 19.2 Å². The van der Waals surface area contributed by atoms with E-state index in [0.717, 1.165) is 11.1 Å². The van der Waals surface area contributed by atoms with Gasteiger partial charge in [0.05, 0.1) is 12.7 Å². The molecule has 0 amide bonds. The van der Waals surface area contributed by atoms with Gasteiger partial charge < -0.3 is 9.47 Å². The first kappa shape index (κ1) is 14.1. The third kappa shape index (κ3) is 2.96. The summed E-state index contributed by atoms with van der Waals surface area (Å²) >= 11 is 0. The molecule has 0 N–H and O–H groups in total. The Hall–Kier alpha value is -2.36. The minimum Gasteiger partial charge on any atom is -0.493 e. The molecule has 3 nitrogen and oxygen atoms in total. The number of aldehydes is 1. The maximum absolute atomic E-state index is 13.2. The Morgan fingerprint density at radius 3 is 2.75 bits per heavy atom. The van der Waals surface area contributed by atoms with Crippen LogP contribution in [-0.4, -0.2) is 13.4 Å². The van der Waals surface area contributed by atoms with Crippen molar-refractivity contribution in [3.63, 3.8) is 0 Å². The highest BCUT2D eigenvalue weighted by Crippen LogP contribution is 2.31. The van der Waals surface area contributed by atoms with Crippen LogP contribution < -0.4 is 9.47 Å². The van der Waals surface area contributed by atoms with Crippen LogP contribution in [0.1, 0.15) is 21.5 Å². The van der Waals surface area contributed by atoms with Gasteiger partial charge in [-0.2, -0.15) is 0 Å². The Morgan fingerprint density at radius 2 is 2.05 bits per heavy atom. The van der Waals surface area contributed by atoms with Crippen LogP contribution >= 0.6 is 0 Å². The fourth-order valence-electron chi connectivity index (χ4n) is 1.89. The molecule has 0 aromatic heterocycles. The van der Waals surface area contributed by atoms with E-state index in [0.29, 0.717) is 23.3 Å². The van der Waals surface area contributed by atoms with Crippen molar-refractivity contribution >= 4 is 6.29 Å². The lowest BCUT2D eigenvalue weighted by molar-refractivity contribution is 0.111. The van der Waals surface area contributed by atoms with E-state index in [9.17, 15) is 9.18 Å². The summed E-state index contributed by atoms with van der Waals surface area (Å²) in [5.74, 6) is 0.530. The number of ether oxygens (including phenoxy) is 2. The number of hydrogen-bond donors (Lipinski definition) is 0. The van der Waals surface area contributed by atoms with Crippen molar-refractivity contribution in [3.05, 3.63) is 58.9 Å². The molecule has 0 fully saturated rings. The van der Waals surface area contributed by atoms with Crippen LogP contribution in [-0.2, 0) is 6.61 Å². The summed E-state index contributed by atoms with van der Waals surface area (Å²) in [5.41, 5.74) is 2.06. The first-order valence-corrected chi connectivity index (χ1v) is 6.15. The number of para-hydroxylation sites is 1. The Morgan fingerprint density at radius 1 is 1.25 bits per heavy atom. The summed E-state index contributed by atoms with van der Waals surface area (Å²) in [6.07, 6.45) is 0.705. The highest BCUT2D eigenvalue weighted by molar-refractivity contribution is 5.81. The summed E-state index contributed by atoms with van der Waals surface area (Å²) in [5, 5.41) is 0. The quantitative estimate of drug-likeness (QED) is 0.782. The lowest BCUT2D eigenvalue weighted by atomic mass is 10.1. The van der Waals surface area contributed by atoms with Crippen LogP contribution in [0.3, 0.4) is 0 Å². The standard InChI is InChI=1S/C16H15FO3/c1-11-6-7-14(17)8-13(11)10-20-16-12(9-18)4-3-5-15(16)19-2/h3-9H,10H2,1-2H3. The van der Waals surface area contributed by atoms with Crippen molar-refractivity contribution in [2.45, 2.75) is 13.5 Å². The highest BCUT2D eigenvalue weighted by atomic mass is 19.1. The number of benzene rings is 2. The van der Waals surface area contributed by atoms with Crippen molar-refractivity contribution < 1.29 is 18.7 Å². The molecule has 2 rings (SSSR count). The van der Waals surface area contributed by atoms with Crippen molar-refractivity contribution in [1.29, 1.82) is 0 Å². The first-order valence-electron chi connectivity index (χ1n) is 6.15. The van der Waals surface area contributed by atoms with Crippen LogP contribution in [0.15, 0.2) is 36.4 Å². The lowest BCUT2D eigenvalue weighted by Crippen LogP contribution is -2.02. The van der Waals surface area contributed by atoms with Gasteiger partial charge in [-0.3, -0.25) is 4.79 Å². The minimum atomic E-state index is -0.315. The van der Waals surface area contributed by atoms with E-state index in [1.807, 2.05) is 6.92 Å². The van der Waals surface area contributed by atoms with Gasteiger partial charge in [-0.25, -0.2) is 4.39 Å². The van der Waals surface area contributed by atoms with Gasteiger partial charge in [0.25, 0.3) is 0 Å². The Bertz CT molecular complexity index is 623. The molecule has 0 saturated carbocycles. The van der Waals surface area contributed by atoms with E-state index < -0.39 is 0 Å². The van der Waals surface area contributed by atoms with E-state index in [4.69, 9.17) is 9.47 Å². The zero-order valence-corrected chi connectivity index (χ0v) is 11.4. The van der Waals surface area contributed by atoms with Crippen LogP contribution in [0.5, 0.6) is 11.5 Å². The second-order valence-electron chi connectivity index (χ2n) is 4.36. The maximum Gasteiger partial charge on any atom is 0.172 e. The maximum atomic E-state index is 13.2. The molecule has 104 valence electrons. The van der Waals surface area contributed by atoms with Crippen molar-refractivity contribution in [1.82, 2.24) is 0 Å². The van der Waals surface area contributed by atoms with Gasteiger partial charge >= 0.3 is 0 Å². The summed E-state index contributed by atoms with van der Waals surface area (Å²) in [6, 6.07) is 9.58. The molecule has 0 radical (unpaired) electrons. The number of halogens is 1. The predicted molar refractivity (Wildman–Crippen MR) is 73.9 cm³/mol. The number of rotatable bonds is 5. The van der Waals surface area contributed by atoms with Crippen LogP contribution in [0.4, 0.5) is 4.39 Å². The molecule has 2 aromatic carbocycles. The summed E-state index contributed by atoms with van der Waals surface area (Å²) < 4.78 is 24.0. The number of carbonyl (C=O) groups is 1. The van der Waals surface area contributed by atoms with Crippen LogP contribution in [0.2, 0.25) is 0 Å². The fourth-order valence-corrected chi connectivity index (χ4v) is 1.89. The van der Waals surface area contributed by atoms with Crippen LogP contribution in [0, 0.1) is 12.7 Å². The van der Waals surface area contributed by atoms with Gasteiger partial charge in [-0.05, 0) is 42.3 Å². The normalized spacial score (nSPS) is 10.2. The van der Waals surface area contributed by atoms with E-state index >= 15 is 0 Å². The molecule has 0 heterocycles. The number of carbonyl (C=O) groups excluding carboxylic acids is 1. The topological polar surface area (TPSA) is 35.5 Å². The monoisotopic (exact) mass is 274 g/mol. The molecule has 0 aliphatic rings. The van der Waals surface area contributed by atoms with Crippen LogP contribution in [0.25, 0.3) is 0 Å². The molecular formula is C16H15FO3. The molecule has 0 bridgehead atoms.